The third kappa shape index (κ3) is 1.42. The van der Waals surface area contributed by atoms with Gasteiger partial charge in [0.15, 0.2) is 12.0 Å². The third-order valence-corrected chi connectivity index (χ3v) is 2.20. The maximum atomic E-state index is 10.6. The fourth-order valence-electron chi connectivity index (χ4n) is 1.21. The molecule has 1 heterocycles. The van der Waals surface area contributed by atoms with Crippen molar-refractivity contribution in [2.75, 3.05) is 0 Å². The number of rotatable bonds is 2. The first-order valence-corrected chi connectivity index (χ1v) is 4.35. The van der Waals surface area contributed by atoms with Gasteiger partial charge in [0.2, 0.25) is 0 Å². The minimum Gasteiger partial charge on any atom is -0.363 e. The van der Waals surface area contributed by atoms with Crippen molar-refractivity contribution in [2.24, 2.45) is 0 Å². The molecule has 14 heavy (non-hydrogen) atoms. The molecule has 0 aliphatic carbocycles. The van der Waals surface area contributed by atoms with Crippen molar-refractivity contribution in [1.29, 1.82) is 0 Å². The summed E-state index contributed by atoms with van der Waals surface area (Å²) < 4.78 is 4.71. The lowest BCUT2D eigenvalue weighted by atomic mass is 10.1. The molecule has 0 N–H and O–H groups in total. The molecule has 0 atom stereocenters. The predicted molar refractivity (Wildman–Crippen MR) is 52.3 cm³/mol. The summed E-state index contributed by atoms with van der Waals surface area (Å²) in [6.45, 7) is 0. The highest BCUT2D eigenvalue weighted by Crippen LogP contribution is 2.28. The SMILES string of the molecule is O=Cc1nocc1-c1ccccc1Cl. The van der Waals surface area contributed by atoms with Crippen molar-refractivity contribution in [2.45, 2.75) is 0 Å². The van der Waals surface area contributed by atoms with E-state index in [4.69, 9.17) is 16.1 Å². The van der Waals surface area contributed by atoms with Gasteiger partial charge in [-0.3, -0.25) is 4.79 Å². The number of benzene rings is 1. The Morgan fingerprint density at radius 1 is 1.29 bits per heavy atom. The number of carbonyl (C=O) groups is 1. The van der Waals surface area contributed by atoms with Crippen molar-refractivity contribution in [3.63, 3.8) is 0 Å². The number of aldehydes is 1. The Hall–Kier alpha value is -1.61. The molecule has 0 amide bonds. The van der Waals surface area contributed by atoms with E-state index in [1.165, 1.54) is 6.26 Å². The summed E-state index contributed by atoms with van der Waals surface area (Å²) in [5, 5.41) is 4.12. The van der Waals surface area contributed by atoms with Crippen LogP contribution in [-0.4, -0.2) is 11.4 Å². The molecule has 0 bridgehead atoms. The summed E-state index contributed by atoms with van der Waals surface area (Å²) in [4.78, 5) is 10.6. The fourth-order valence-corrected chi connectivity index (χ4v) is 1.45. The average Bonchev–Trinajstić information content (AvgIpc) is 2.66. The van der Waals surface area contributed by atoms with Gasteiger partial charge in [0.1, 0.15) is 6.26 Å². The molecule has 0 spiro atoms. The molecule has 0 aliphatic rings. The van der Waals surface area contributed by atoms with Gasteiger partial charge in [-0.2, -0.15) is 0 Å². The van der Waals surface area contributed by atoms with Gasteiger partial charge in [-0.1, -0.05) is 35.0 Å². The van der Waals surface area contributed by atoms with E-state index < -0.39 is 0 Å². The van der Waals surface area contributed by atoms with Crippen LogP contribution in [0.2, 0.25) is 5.02 Å². The van der Waals surface area contributed by atoms with E-state index in [-0.39, 0.29) is 5.69 Å². The highest BCUT2D eigenvalue weighted by Gasteiger charge is 2.11. The van der Waals surface area contributed by atoms with Gasteiger partial charge in [-0.15, -0.1) is 0 Å². The van der Waals surface area contributed by atoms with Crippen LogP contribution in [0, 0.1) is 0 Å². The minimum atomic E-state index is 0.262. The third-order valence-electron chi connectivity index (χ3n) is 1.87. The fraction of sp³-hybridized carbons (Fsp3) is 0. The highest BCUT2D eigenvalue weighted by atomic mass is 35.5. The first kappa shape index (κ1) is 8.97. The molecule has 0 fully saturated rings. The molecule has 0 unspecified atom stereocenters. The number of aromatic nitrogens is 1. The number of hydrogen-bond donors (Lipinski definition) is 0. The predicted octanol–water partition coefficient (Wildman–Crippen LogP) is 2.81. The zero-order chi connectivity index (χ0) is 9.97. The summed E-state index contributed by atoms with van der Waals surface area (Å²) in [6.07, 6.45) is 2.05. The lowest BCUT2D eigenvalue weighted by Crippen LogP contribution is -1.84. The van der Waals surface area contributed by atoms with E-state index in [9.17, 15) is 4.79 Å². The second-order valence-corrected chi connectivity index (χ2v) is 3.12. The average molecular weight is 208 g/mol. The minimum absolute atomic E-state index is 0.262. The summed E-state index contributed by atoms with van der Waals surface area (Å²) in [5.74, 6) is 0. The molecule has 0 aliphatic heterocycles. The van der Waals surface area contributed by atoms with Gasteiger partial charge in [0, 0.05) is 10.6 Å². The van der Waals surface area contributed by atoms with Crippen LogP contribution >= 0.6 is 11.6 Å². The Morgan fingerprint density at radius 3 is 2.79 bits per heavy atom. The first-order valence-electron chi connectivity index (χ1n) is 3.97. The van der Waals surface area contributed by atoms with E-state index in [2.05, 4.69) is 5.16 Å². The molecule has 1 aromatic carbocycles. The molecule has 2 rings (SSSR count). The Bertz CT molecular complexity index is 465. The number of carbonyl (C=O) groups excluding carboxylic acids is 1. The summed E-state index contributed by atoms with van der Waals surface area (Å²) in [5.41, 5.74) is 1.63. The van der Waals surface area contributed by atoms with Gasteiger partial charge >= 0.3 is 0 Å². The van der Waals surface area contributed by atoms with Crippen LogP contribution in [0.3, 0.4) is 0 Å². The Kier molecular flexibility index (Phi) is 2.33. The molecular formula is C10H6ClNO2. The molecule has 2 aromatic rings. The maximum Gasteiger partial charge on any atom is 0.172 e. The Balaban J connectivity index is 2.60. The molecular weight excluding hydrogens is 202 g/mol. The van der Waals surface area contributed by atoms with Crippen LogP contribution in [0.4, 0.5) is 0 Å². The van der Waals surface area contributed by atoms with Crippen LogP contribution in [0.25, 0.3) is 11.1 Å². The lowest BCUT2D eigenvalue weighted by Gasteiger charge is -1.99. The van der Waals surface area contributed by atoms with E-state index >= 15 is 0 Å². The van der Waals surface area contributed by atoms with Crippen LogP contribution in [0.1, 0.15) is 10.5 Å². The second kappa shape index (κ2) is 3.64. The van der Waals surface area contributed by atoms with Crippen molar-refractivity contribution in [3.05, 3.63) is 41.2 Å². The Labute approximate surface area is 85.3 Å². The first-order chi connectivity index (χ1) is 6.83. The maximum absolute atomic E-state index is 10.6. The largest absolute Gasteiger partial charge is 0.363 e. The number of hydrogen-bond acceptors (Lipinski definition) is 3. The quantitative estimate of drug-likeness (QED) is 0.712. The van der Waals surface area contributed by atoms with Crippen LogP contribution in [-0.2, 0) is 0 Å². The molecule has 3 nitrogen and oxygen atoms in total. The normalized spacial score (nSPS) is 10.1. The lowest BCUT2D eigenvalue weighted by molar-refractivity contribution is 0.111. The van der Waals surface area contributed by atoms with Crippen LogP contribution in [0.15, 0.2) is 35.1 Å². The zero-order valence-corrected chi connectivity index (χ0v) is 7.86. The van der Waals surface area contributed by atoms with E-state index in [0.29, 0.717) is 16.9 Å². The Morgan fingerprint density at radius 2 is 2.07 bits per heavy atom. The van der Waals surface area contributed by atoms with Crippen molar-refractivity contribution in [3.8, 4) is 11.1 Å². The second-order valence-electron chi connectivity index (χ2n) is 2.71. The molecule has 0 radical (unpaired) electrons. The molecule has 0 saturated carbocycles. The van der Waals surface area contributed by atoms with Crippen LogP contribution in [0.5, 0.6) is 0 Å². The van der Waals surface area contributed by atoms with Gasteiger partial charge in [-0.05, 0) is 6.07 Å². The molecule has 0 saturated heterocycles. The topological polar surface area (TPSA) is 43.1 Å². The van der Waals surface area contributed by atoms with Gasteiger partial charge < -0.3 is 4.52 Å². The van der Waals surface area contributed by atoms with E-state index in [1.807, 2.05) is 18.2 Å². The number of nitrogens with zero attached hydrogens (tertiary/aromatic N) is 1. The van der Waals surface area contributed by atoms with E-state index in [1.54, 1.807) is 6.07 Å². The van der Waals surface area contributed by atoms with Crippen molar-refractivity contribution in [1.82, 2.24) is 5.16 Å². The van der Waals surface area contributed by atoms with E-state index in [0.717, 1.165) is 5.56 Å². The van der Waals surface area contributed by atoms with Gasteiger partial charge in [0.05, 0.1) is 5.56 Å². The van der Waals surface area contributed by atoms with Gasteiger partial charge in [0.25, 0.3) is 0 Å². The smallest absolute Gasteiger partial charge is 0.172 e. The summed E-state index contributed by atoms with van der Waals surface area (Å²) >= 11 is 5.96. The molecule has 70 valence electrons. The standard InChI is InChI=1S/C10H6ClNO2/c11-9-4-2-1-3-7(9)8-6-14-12-10(8)5-13/h1-6H. The molecule has 4 heteroatoms. The number of halogens is 1. The molecule has 1 aromatic heterocycles. The van der Waals surface area contributed by atoms with Crippen LogP contribution < -0.4 is 0 Å². The zero-order valence-electron chi connectivity index (χ0n) is 7.11. The summed E-state index contributed by atoms with van der Waals surface area (Å²) in [6, 6.07) is 7.21. The highest BCUT2D eigenvalue weighted by molar-refractivity contribution is 6.33. The van der Waals surface area contributed by atoms with Gasteiger partial charge in [-0.25, -0.2) is 0 Å². The van der Waals surface area contributed by atoms with Crippen molar-refractivity contribution < 1.29 is 9.32 Å². The van der Waals surface area contributed by atoms with Crippen molar-refractivity contribution >= 4 is 17.9 Å². The monoisotopic (exact) mass is 207 g/mol. The summed E-state index contributed by atoms with van der Waals surface area (Å²) in [7, 11) is 0.